The maximum absolute atomic E-state index is 12.7. The summed E-state index contributed by atoms with van der Waals surface area (Å²) in [5.74, 6) is 1.58. The Morgan fingerprint density at radius 1 is 1.17 bits per heavy atom. The SMILES string of the molecule is COc1ccc(OCCN(C)C(=O)C2(OC)CCNCC2)cc1. The molecule has 1 aliphatic heterocycles. The number of carbonyl (C=O) groups is 1. The normalized spacial score (nSPS) is 16.7. The summed E-state index contributed by atoms with van der Waals surface area (Å²) in [6.07, 6.45) is 1.40. The maximum atomic E-state index is 12.7. The van der Waals surface area contributed by atoms with Crippen LogP contribution < -0.4 is 14.8 Å². The van der Waals surface area contributed by atoms with E-state index in [4.69, 9.17) is 14.2 Å². The average molecular weight is 322 g/mol. The number of rotatable bonds is 7. The lowest BCUT2D eigenvalue weighted by atomic mass is 9.90. The highest BCUT2D eigenvalue weighted by Gasteiger charge is 2.41. The van der Waals surface area contributed by atoms with Crippen molar-refractivity contribution in [2.24, 2.45) is 0 Å². The molecule has 23 heavy (non-hydrogen) atoms. The van der Waals surface area contributed by atoms with E-state index >= 15 is 0 Å². The van der Waals surface area contributed by atoms with Crippen molar-refractivity contribution in [1.29, 1.82) is 0 Å². The van der Waals surface area contributed by atoms with Gasteiger partial charge in [-0.2, -0.15) is 0 Å². The topological polar surface area (TPSA) is 60.0 Å². The molecular weight excluding hydrogens is 296 g/mol. The second kappa shape index (κ2) is 8.17. The Morgan fingerprint density at radius 2 is 1.78 bits per heavy atom. The van der Waals surface area contributed by atoms with Gasteiger partial charge in [0.1, 0.15) is 23.7 Å². The maximum Gasteiger partial charge on any atom is 0.254 e. The molecule has 0 aromatic heterocycles. The zero-order valence-corrected chi connectivity index (χ0v) is 14.1. The molecular formula is C17H26N2O4. The quantitative estimate of drug-likeness (QED) is 0.820. The van der Waals surface area contributed by atoms with Crippen LogP contribution in [0.3, 0.4) is 0 Å². The predicted octanol–water partition coefficient (Wildman–Crippen LogP) is 1.30. The number of amides is 1. The summed E-state index contributed by atoms with van der Waals surface area (Å²) < 4.78 is 16.4. The van der Waals surface area contributed by atoms with E-state index in [1.54, 1.807) is 26.2 Å². The number of carbonyl (C=O) groups excluding carboxylic acids is 1. The van der Waals surface area contributed by atoms with Gasteiger partial charge in [0.2, 0.25) is 0 Å². The first-order chi connectivity index (χ1) is 11.1. The smallest absolute Gasteiger partial charge is 0.254 e. The molecule has 0 bridgehead atoms. The lowest BCUT2D eigenvalue weighted by Crippen LogP contribution is -2.55. The van der Waals surface area contributed by atoms with Crippen LogP contribution in [0.1, 0.15) is 12.8 Å². The Labute approximate surface area is 137 Å². The molecule has 1 aromatic rings. The predicted molar refractivity (Wildman–Crippen MR) is 88.0 cm³/mol. The summed E-state index contributed by atoms with van der Waals surface area (Å²) in [7, 11) is 5.04. The van der Waals surface area contributed by atoms with Gasteiger partial charge in [0, 0.05) is 14.2 Å². The van der Waals surface area contributed by atoms with Crippen LogP contribution in [-0.4, -0.2) is 63.9 Å². The number of ether oxygens (including phenoxy) is 3. The third kappa shape index (κ3) is 4.36. The number of piperidine rings is 1. The molecule has 1 amide bonds. The first kappa shape index (κ1) is 17.6. The molecule has 6 heteroatoms. The Hall–Kier alpha value is -1.79. The third-order valence-corrected chi connectivity index (χ3v) is 4.29. The fourth-order valence-electron chi connectivity index (χ4n) is 2.76. The molecule has 2 rings (SSSR count). The lowest BCUT2D eigenvalue weighted by Gasteiger charge is -2.37. The van der Waals surface area contributed by atoms with Gasteiger partial charge in [0.15, 0.2) is 0 Å². The minimum atomic E-state index is -0.694. The van der Waals surface area contributed by atoms with Crippen LogP contribution in [0.25, 0.3) is 0 Å². The molecule has 1 fully saturated rings. The van der Waals surface area contributed by atoms with Gasteiger partial charge in [-0.3, -0.25) is 4.79 Å². The highest BCUT2D eigenvalue weighted by Crippen LogP contribution is 2.24. The van der Waals surface area contributed by atoms with E-state index in [1.807, 2.05) is 24.3 Å². The Balaban J connectivity index is 1.83. The summed E-state index contributed by atoms with van der Waals surface area (Å²) >= 11 is 0. The van der Waals surface area contributed by atoms with E-state index in [-0.39, 0.29) is 5.91 Å². The van der Waals surface area contributed by atoms with Crippen molar-refractivity contribution in [3.05, 3.63) is 24.3 Å². The highest BCUT2D eigenvalue weighted by molar-refractivity contribution is 5.85. The number of likely N-dealkylation sites (N-methyl/N-ethyl adjacent to an activating group) is 1. The Kier molecular flexibility index (Phi) is 6.24. The molecule has 0 aliphatic carbocycles. The van der Waals surface area contributed by atoms with Crippen molar-refractivity contribution in [3.8, 4) is 11.5 Å². The van der Waals surface area contributed by atoms with E-state index < -0.39 is 5.60 Å². The van der Waals surface area contributed by atoms with Gasteiger partial charge >= 0.3 is 0 Å². The second-order valence-electron chi connectivity index (χ2n) is 5.70. The largest absolute Gasteiger partial charge is 0.497 e. The van der Waals surface area contributed by atoms with Gasteiger partial charge in [-0.1, -0.05) is 0 Å². The molecule has 1 aromatic carbocycles. The van der Waals surface area contributed by atoms with Crippen LogP contribution in [0.15, 0.2) is 24.3 Å². The molecule has 1 heterocycles. The van der Waals surface area contributed by atoms with Crippen molar-refractivity contribution in [2.45, 2.75) is 18.4 Å². The number of hydrogen-bond donors (Lipinski definition) is 1. The Morgan fingerprint density at radius 3 is 2.35 bits per heavy atom. The van der Waals surface area contributed by atoms with E-state index in [9.17, 15) is 4.79 Å². The minimum absolute atomic E-state index is 0.0276. The molecule has 0 radical (unpaired) electrons. The van der Waals surface area contributed by atoms with Crippen LogP contribution in [0, 0.1) is 0 Å². The number of nitrogens with zero attached hydrogens (tertiary/aromatic N) is 1. The summed E-state index contributed by atoms with van der Waals surface area (Å²) in [6, 6.07) is 7.40. The van der Waals surface area contributed by atoms with Gasteiger partial charge in [-0.05, 0) is 50.2 Å². The summed E-state index contributed by atoms with van der Waals surface area (Å²) in [5, 5.41) is 3.26. The first-order valence-electron chi connectivity index (χ1n) is 7.89. The second-order valence-corrected chi connectivity index (χ2v) is 5.70. The van der Waals surface area contributed by atoms with Crippen LogP contribution in [-0.2, 0) is 9.53 Å². The summed E-state index contributed by atoms with van der Waals surface area (Å²) in [5.41, 5.74) is -0.694. The molecule has 0 atom stereocenters. The molecule has 6 nitrogen and oxygen atoms in total. The third-order valence-electron chi connectivity index (χ3n) is 4.29. The van der Waals surface area contributed by atoms with Crippen molar-refractivity contribution in [3.63, 3.8) is 0 Å². The molecule has 1 N–H and O–H groups in total. The zero-order valence-electron chi connectivity index (χ0n) is 14.1. The van der Waals surface area contributed by atoms with E-state index in [2.05, 4.69) is 5.32 Å². The standard InChI is InChI=1S/C17H26N2O4/c1-19(16(20)17(22-3)8-10-18-11-9-17)12-13-23-15-6-4-14(21-2)5-7-15/h4-7,18H,8-13H2,1-3H3. The minimum Gasteiger partial charge on any atom is -0.497 e. The molecule has 0 unspecified atom stereocenters. The van der Waals surface area contributed by atoms with Gasteiger partial charge in [0.25, 0.3) is 5.91 Å². The van der Waals surface area contributed by atoms with Gasteiger partial charge in [-0.25, -0.2) is 0 Å². The molecule has 1 saturated heterocycles. The molecule has 128 valence electrons. The summed E-state index contributed by atoms with van der Waals surface area (Å²) in [6.45, 7) is 2.56. The van der Waals surface area contributed by atoms with Gasteiger partial charge in [-0.15, -0.1) is 0 Å². The van der Waals surface area contributed by atoms with Crippen molar-refractivity contribution in [1.82, 2.24) is 10.2 Å². The van der Waals surface area contributed by atoms with Crippen molar-refractivity contribution >= 4 is 5.91 Å². The molecule has 0 saturated carbocycles. The molecule has 0 spiro atoms. The highest BCUT2D eigenvalue weighted by atomic mass is 16.5. The van der Waals surface area contributed by atoms with Gasteiger partial charge in [0.05, 0.1) is 13.7 Å². The average Bonchev–Trinajstić information content (AvgIpc) is 2.62. The van der Waals surface area contributed by atoms with Crippen molar-refractivity contribution in [2.75, 3.05) is 47.5 Å². The van der Waals surface area contributed by atoms with Crippen LogP contribution in [0.5, 0.6) is 11.5 Å². The number of nitrogens with one attached hydrogen (secondary N) is 1. The van der Waals surface area contributed by atoms with Gasteiger partial charge < -0.3 is 24.4 Å². The monoisotopic (exact) mass is 322 g/mol. The number of benzene rings is 1. The van der Waals surface area contributed by atoms with Crippen molar-refractivity contribution < 1.29 is 19.0 Å². The fourth-order valence-corrected chi connectivity index (χ4v) is 2.76. The van der Waals surface area contributed by atoms with E-state index in [0.29, 0.717) is 26.0 Å². The first-order valence-corrected chi connectivity index (χ1v) is 7.89. The molecule has 1 aliphatic rings. The van der Waals surface area contributed by atoms with Crippen LogP contribution in [0.4, 0.5) is 0 Å². The van der Waals surface area contributed by atoms with Crippen LogP contribution >= 0.6 is 0 Å². The van der Waals surface area contributed by atoms with E-state index in [0.717, 1.165) is 24.6 Å². The Bertz CT molecular complexity index is 498. The number of methoxy groups -OCH3 is 2. The number of hydrogen-bond acceptors (Lipinski definition) is 5. The zero-order chi connectivity index (χ0) is 16.7. The fraction of sp³-hybridized carbons (Fsp3) is 0.588. The van der Waals surface area contributed by atoms with Crippen LogP contribution in [0.2, 0.25) is 0 Å². The van der Waals surface area contributed by atoms with E-state index in [1.165, 1.54) is 0 Å². The summed E-state index contributed by atoms with van der Waals surface area (Å²) in [4.78, 5) is 14.4. The lowest BCUT2D eigenvalue weighted by molar-refractivity contribution is -0.157.